The first-order valence-corrected chi connectivity index (χ1v) is 7.49. The van der Waals surface area contributed by atoms with Gasteiger partial charge in [0.2, 0.25) is 5.91 Å². The quantitative estimate of drug-likeness (QED) is 0.850. The van der Waals surface area contributed by atoms with Crippen molar-refractivity contribution in [1.29, 1.82) is 0 Å². The van der Waals surface area contributed by atoms with E-state index in [-0.39, 0.29) is 5.91 Å². The molecule has 1 amide bonds. The average Bonchev–Trinajstić information content (AvgIpc) is 2.53. The fourth-order valence-electron chi connectivity index (χ4n) is 2.22. The highest BCUT2D eigenvalue weighted by Crippen LogP contribution is 2.16. The van der Waals surface area contributed by atoms with Gasteiger partial charge in [0.1, 0.15) is 12.4 Å². The summed E-state index contributed by atoms with van der Waals surface area (Å²) < 4.78 is 5.77. The number of amides is 1. The summed E-state index contributed by atoms with van der Waals surface area (Å²) in [5.74, 6) is 0.730. The van der Waals surface area contributed by atoms with E-state index in [4.69, 9.17) is 4.74 Å². The second-order valence-electron chi connectivity index (χ2n) is 4.97. The summed E-state index contributed by atoms with van der Waals surface area (Å²) in [6.45, 7) is 6.01. The molecular weight excluding hydrogens is 276 g/mol. The highest BCUT2D eigenvalue weighted by atomic mass is 16.5. The highest BCUT2D eigenvalue weighted by Gasteiger charge is 2.04. The number of ether oxygens (including phenoxy) is 1. The summed E-state index contributed by atoms with van der Waals surface area (Å²) in [6.07, 6.45) is 0. The van der Waals surface area contributed by atoms with Gasteiger partial charge in [-0.1, -0.05) is 18.2 Å². The van der Waals surface area contributed by atoms with Crippen LogP contribution < -0.4 is 15.0 Å². The van der Waals surface area contributed by atoms with Crippen LogP contribution in [0.25, 0.3) is 0 Å². The van der Waals surface area contributed by atoms with Crippen molar-refractivity contribution >= 4 is 17.3 Å². The Morgan fingerprint density at radius 2 is 1.77 bits per heavy atom. The topological polar surface area (TPSA) is 41.6 Å². The second kappa shape index (κ2) is 8.08. The second-order valence-corrected chi connectivity index (χ2v) is 4.97. The van der Waals surface area contributed by atoms with Gasteiger partial charge in [-0.3, -0.25) is 4.79 Å². The maximum Gasteiger partial charge on any atom is 0.221 e. The molecule has 4 nitrogen and oxygen atoms in total. The Labute approximate surface area is 131 Å². The first-order valence-electron chi connectivity index (χ1n) is 7.49. The Kier molecular flexibility index (Phi) is 5.83. The van der Waals surface area contributed by atoms with E-state index in [1.165, 1.54) is 12.6 Å². The number of hydrogen-bond acceptors (Lipinski definition) is 3. The lowest BCUT2D eigenvalue weighted by atomic mass is 10.3. The number of para-hydroxylation sites is 1. The largest absolute Gasteiger partial charge is 0.492 e. The van der Waals surface area contributed by atoms with E-state index in [1.807, 2.05) is 42.5 Å². The summed E-state index contributed by atoms with van der Waals surface area (Å²) >= 11 is 0. The maximum atomic E-state index is 11.0. The summed E-state index contributed by atoms with van der Waals surface area (Å²) in [6, 6.07) is 17.7. The molecule has 2 aromatic carbocycles. The lowest BCUT2D eigenvalue weighted by Gasteiger charge is -2.23. The Morgan fingerprint density at radius 3 is 2.36 bits per heavy atom. The van der Waals surface area contributed by atoms with Gasteiger partial charge in [0.05, 0.1) is 6.54 Å². The number of likely N-dealkylation sites (N-methyl/N-ethyl adjacent to an activating group) is 1. The van der Waals surface area contributed by atoms with E-state index in [0.717, 1.165) is 24.5 Å². The van der Waals surface area contributed by atoms with Crippen molar-refractivity contribution in [2.75, 3.05) is 29.9 Å². The molecule has 4 heteroatoms. The molecule has 0 aliphatic rings. The molecule has 2 rings (SSSR count). The van der Waals surface area contributed by atoms with Crippen molar-refractivity contribution in [3.8, 4) is 5.75 Å². The fourth-order valence-corrected chi connectivity index (χ4v) is 2.22. The minimum atomic E-state index is -0.0740. The molecule has 0 radical (unpaired) electrons. The molecule has 0 fully saturated rings. The normalized spacial score (nSPS) is 10.1. The molecule has 0 heterocycles. The molecule has 22 heavy (non-hydrogen) atoms. The van der Waals surface area contributed by atoms with E-state index in [1.54, 1.807) is 0 Å². The zero-order valence-electron chi connectivity index (χ0n) is 13.1. The Morgan fingerprint density at radius 1 is 1.09 bits per heavy atom. The lowest BCUT2D eigenvalue weighted by molar-refractivity contribution is -0.114. The van der Waals surface area contributed by atoms with Crippen LogP contribution in [0.5, 0.6) is 5.75 Å². The van der Waals surface area contributed by atoms with Gasteiger partial charge in [0.25, 0.3) is 0 Å². The summed E-state index contributed by atoms with van der Waals surface area (Å²) in [5.41, 5.74) is 1.98. The van der Waals surface area contributed by atoms with E-state index >= 15 is 0 Å². The van der Waals surface area contributed by atoms with Crippen molar-refractivity contribution in [2.24, 2.45) is 0 Å². The molecule has 0 bridgehead atoms. The first-order chi connectivity index (χ1) is 10.7. The minimum Gasteiger partial charge on any atom is -0.492 e. The monoisotopic (exact) mass is 298 g/mol. The number of carbonyl (C=O) groups is 1. The predicted molar refractivity (Wildman–Crippen MR) is 90.6 cm³/mol. The first kappa shape index (κ1) is 15.9. The van der Waals surface area contributed by atoms with Crippen molar-refractivity contribution in [3.63, 3.8) is 0 Å². The highest BCUT2D eigenvalue weighted by molar-refractivity contribution is 5.88. The molecule has 116 valence electrons. The van der Waals surface area contributed by atoms with Gasteiger partial charge < -0.3 is 15.0 Å². The van der Waals surface area contributed by atoms with Crippen LogP contribution in [0.2, 0.25) is 0 Å². The van der Waals surface area contributed by atoms with Gasteiger partial charge in [0.15, 0.2) is 0 Å². The van der Waals surface area contributed by atoms with Crippen LogP contribution in [-0.2, 0) is 4.79 Å². The average molecular weight is 298 g/mol. The van der Waals surface area contributed by atoms with Gasteiger partial charge in [-0.15, -0.1) is 0 Å². The van der Waals surface area contributed by atoms with Crippen molar-refractivity contribution in [1.82, 2.24) is 0 Å². The molecular formula is C18H22N2O2. The van der Waals surface area contributed by atoms with Crippen LogP contribution in [0.4, 0.5) is 11.4 Å². The van der Waals surface area contributed by atoms with Gasteiger partial charge in [-0.25, -0.2) is 0 Å². The molecule has 0 aromatic heterocycles. The molecule has 0 saturated heterocycles. The molecule has 2 aromatic rings. The van der Waals surface area contributed by atoms with Crippen LogP contribution in [0, 0.1) is 0 Å². The lowest BCUT2D eigenvalue weighted by Crippen LogP contribution is -2.27. The molecule has 0 atom stereocenters. The summed E-state index contributed by atoms with van der Waals surface area (Å²) in [5, 5.41) is 2.73. The van der Waals surface area contributed by atoms with E-state index in [0.29, 0.717) is 6.61 Å². The van der Waals surface area contributed by atoms with Crippen LogP contribution in [-0.4, -0.2) is 25.6 Å². The zero-order valence-corrected chi connectivity index (χ0v) is 13.1. The van der Waals surface area contributed by atoms with Crippen LogP contribution in [0.15, 0.2) is 54.6 Å². The number of nitrogens with one attached hydrogen (secondary N) is 1. The summed E-state index contributed by atoms with van der Waals surface area (Å²) in [4.78, 5) is 13.2. The molecule has 0 aliphatic heterocycles. The van der Waals surface area contributed by atoms with Gasteiger partial charge >= 0.3 is 0 Å². The van der Waals surface area contributed by atoms with Crippen LogP contribution in [0.3, 0.4) is 0 Å². The molecule has 0 saturated carbocycles. The molecule has 0 spiro atoms. The van der Waals surface area contributed by atoms with Crippen LogP contribution in [0.1, 0.15) is 13.8 Å². The number of benzene rings is 2. The predicted octanol–water partition coefficient (Wildman–Crippen LogP) is 3.55. The smallest absolute Gasteiger partial charge is 0.221 e. The van der Waals surface area contributed by atoms with E-state index in [9.17, 15) is 4.79 Å². The third-order valence-electron chi connectivity index (χ3n) is 3.31. The van der Waals surface area contributed by atoms with E-state index < -0.39 is 0 Å². The Hall–Kier alpha value is -2.49. The number of anilines is 2. The third kappa shape index (κ3) is 4.81. The fraction of sp³-hybridized carbons (Fsp3) is 0.278. The standard InChI is InChI=1S/C18H22N2O2/c1-3-20(17-7-5-4-6-8-17)13-14-22-18-11-9-16(10-12-18)19-15(2)21/h4-12H,3,13-14H2,1-2H3,(H,19,21). The van der Waals surface area contributed by atoms with Crippen molar-refractivity contribution < 1.29 is 9.53 Å². The van der Waals surface area contributed by atoms with Gasteiger partial charge in [-0.05, 0) is 43.3 Å². The van der Waals surface area contributed by atoms with E-state index in [2.05, 4.69) is 29.3 Å². The number of rotatable bonds is 7. The molecule has 0 unspecified atom stereocenters. The SMILES string of the molecule is CCN(CCOc1ccc(NC(C)=O)cc1)c1ccccc1. The van der Waals surface area contributed by atoms with Crippen molar-refractivity contribution in [2.45, 2.75) is 13.8 Å². The Bertz CT molecular complexity index is 582. The summed E-state index contributed by atoms with van der Waals surface area (Å²) in [7, 11) is 0. The zero-order chi connectivity index (χ0) is 15.8. The maximum absolute atomic E-state index is 11.0. The minimum absolute atomic E-state index is 0.0740. The number of nitrogens with zero attached hydrogens (tertiary/aromatic N) is 1. The Balaban J connectivity index is 1.83. The number of carbonyl (C=O) groups excluding carboxylic acids is 1. The van der Waals surface area contributed by atoms with Gasteiger partial charge in [0, 0.05) is 24.8 Å². The molecule has 1 N–H and O–H groups in total. The number of hydrogen-bond donors (Lipinski definition) is 1. The molecule has 0 aliphatic carbocycles. The van der Waals surface area contributed by atoms with Crippen LogP contribution >= 0.6 is 0 Å². The van der Waals surface area contributed by atoms with Crippen molar-refractivity contribution in [3.05, 3.63) is 54.6 Å². The third-order valence-corrected chi connectivity index (χ3v) is 3.31. The van der Waals surface area contributed by atoms with Gasteiger partial charge in [-0.2, -0.15) is 0 Å².